The van der Waals surface area contributed by atoms with E-state index >= 15 is 0 Å². The lowest BCUT2D eigenvalue weighted by Gasteiger charge is -2.17. The lowest BCUT2D eigenvalue weighted by molar-refractivity contribution is -0.121. The molecule has 0 bridgehead atoms. The Balaban J connectivity index is 1.44. The van der Waals surface area contributed by atoms with Crippen LogP contribution in [0.2, 0.25) is 0 Å². The molecular weight excluding hydrogens is 378 g/mol. The third-order valence-corrected chi connectivity index (χ3v) is 6.36. The summed E-state index contributed by atoms with van der Waals surface area (Å²) in [6, 6.07) is 16.0. The molecular formula is C20H23N3O4S. The molecule has 2 amide bonds. The second-order valence-electron chi connectivity index (χ2n) is 6.56. The largest absolute Gasteiger partial charge is 0.352 e. The van der Waals surface area contributed by atoms with E-state index in [2.05, 4.69) is 10.6 Å². The number of hydrogen-bond donors (Lipinski definition) is 2. The molecule has 0 unspecified atom stereocenters. The van der Waals surface area contributed by atoms with Crippen molar-refractivity contribution < 1.29 is 18.0 Å². The van der Waals surface area contributed by atoms with E-state index in [-0.39, 0.29) is 30.5 Å². The summed E-state index contributed by atoms with van der Waals surface area (Å²) < 4.78 is 25.2. The minimum Gasteiger partial charge on any atom is -0.352 e. The van der Waals surface area contributed by atoms with Gasteiger partial charge in [-0.1, -0.05) is 30.3 Å². The number of amides is 2. The molecule has 28 heavy (non-hydrogen) atoms. The van der Waals surface area contributed by atoms with Gasteiger partial charge in [-0.05, 0) is 36.2 Å². The van der Waals surface area contributed by atoms with Crippen LogP contribution in [-0.2, 0) is 21.4 Å². The first kappa shape index (κ1) is 19.9. The maximum Gasteiger partial charge on any atom is 0.251 e. The standard InChI is InChI=1S/C20H23N3O4S/c24-19(22-15-16-5-2-1-3-6-16)11-12-21-20(25)17-7-9-18(10-8-17)23-13-4-14-28(23,26)27/h1-3,5-10H,4,11-15H2,(H,21,25)(H,22,24). The fourth-order valence-corrected chi connectivity index (χ4v) is 4.55. The van der Waals surface area contributed by atoms with E-state index in [1.165, 1.54) is 4.31 Å². The Morgan fingerprint density at radius 1 is 0.964 bits per heavy atom. The van der Waals surface area contributed by atoms with Crippen LogP contribution < -0.4 is 14.9 Å². The normalized spacial score (nSPS) is 15.2. The van der Waals surface area contributed by atoms with Crippen molar-refractivity contribution in [2.24, 2.45) is 0 Å². The number of nitrogens with zero attached hydrogens (tertiary/aromatic N) is 1. The van der Waals surface area contributed by atoms with Gasteiger partial charge in [-0.25, -0.2) is 8.42 Å². The molecule has 0 saturated carbocycles. The van der Waals surface area contributed by atoms with Gasteiger partial charge in [0.15, 0.2) is 0 Å². The highest BCUT2D eigenvalue weighted by atomic mass is 32.2. The molecule has 1 fully saturated rings. The van der Waals surface area contributed by atoms with Crippen LogP contribution in [0.1, 0.15) is 28.8 Å². The van der Waals surface area contributed by atoms with Gasteiger partial charge in [0.25, 0.3) is 5.91 Å². The fraction of sp³-hybridized carbons (Fsp3) is 0.300. The van der Waals surface area contributed by atoms with Gasteiger partial charge in [0.2, 0.25) is 15.9 Å². The zero-order chi connectivity index (χ0) is 20.0. The second-order valence-corrected chi connectivity index (χ2v) is 8.57. The Morgan fingerprint density at radius 2 is 1.68 bits per heavy atom. The highest BCUT2D eigenvalue weighted by molar-refractivity contribution is 7.93. The molecule has 0 aliphatic carbocycles. The average molecular weight is 401 g/mol. The van der Waals surface area contributed by atoms with Crippen LogP contribution in [0, 0.1) is 0 Å². The zero-order valence-electron chi connectivity index (χ0n) is 15.4. The third kappa shape index (κ3) is 5.10. The van der Waals surface area contributed by atoms with Crippen LogP contribution >= 0.6 is 0 Å². The first-order valence-corrected chi connectivity index (χ1v) is 10.8. The molecule has 0 atom stereocenters. The van der Waals surface area contributed by atoms with Crippen molar-refractivity contribution in [2.45, 2.75) is 19.4 Å². The van der Waals surface area contributed by atoms with Gasteiger partial charge in [0.1, 0.15) is 0 Å². The molecule has 7 nitrogen and oxygen atoms in total. The number of nitrogens with one attached hydrogen (secondary N) is 2. The van der Waals surface area contributed by atoms with Crippen LogP contribution in [0.5, 0.6) is 0 Å². The SMILES string of the molecule is O=C(CCNC(=O)c1ccc(N2CCCS2(=O)=O)cc1)NCc1ccccc1. The Morgan fingerprint density at radius 3 is 2.32 bits per heavy atom. The Bertz CT molecular complexity index is 928. The number of benzene rings is 2. The van der Waals surface area contributed by atoms with E-state index < -0.39 is 10.0 Å². The summed E-state index contributed by atoms with van der Waals surface area (Å²) in [6.45, 7) is 1.14. The van der Waals surface area contributed by atoms with E-state index in [0.717, 1.165) is 5.56 Å². The van der Waals surface area contributed by atoms with Crippen LogP contribution in [-0.4, -0.2) is 39.1 Å². The molecule has 8 heteroatoms. The quantitative estimate of drug-likeness (QED) is 0.738. The van der Waals surface area contributed by atoms with Crippen LogP contribution in [0.4, 0.5) is 5.69 Å². The van der Waals surface area contributed by atoms with Crippen molar-refractivity contribution in [1.29, 1.82) is 0 Å². The van der Waals surface area contributed by atoms with Crippen molar-refractivity contribution in [3.8, 4) is 0 Å². The number of sulfonamides is 1. The first-order chi connectivity index (χ1) is 13.5. The van der Waals surface area contributed by atoms with Gasteiger partial charge in [-0.2, -0.15) is 0 Å². The predicted molar refractivity (Wildman–Crippen MR) is 107 cm³/mol. The smallest absolute Gasteiger partial charge is 0.251 e. The number of hydrogen-bond acceptors (Lipinski definition) is 4. The maximum atomic E-state index is 12.2. The Kier molecular flexibility index (Phi) is 6.30. The highest BCUT2D eigenvalue weighted by Gasteiger charge is 2.28. The summed E-state index contributed by atoms with van der Waals surface area (Å²) in [5, 5.41) is 5.51. The molecule has 1 heterocycles. The monoisotopic (exact) mass is 401 g/mol. The van der Waals surface area contributed by atoms with E-state index in [4.69, 9.17) is 0 Å². The molecule has 0 radical (unpaired) electrons. The maximum absolute atomic E-state index is 12.2. The van der Waals surface area contributed by atoms with Crippen molar-refractivity contribution in [3.05, 3.63) is 65.7 Å². The van der Waals surface area contributed by atoms with E-state index in [1.54, 1.807) is 24.3 Å². The van der Waals surface area contributed by atoms with Gasteiger partial charge in [0, 0.05) is 31.6 Å². The third-order valence-electron chi connectivity index (χ3n) is 4.49. The Hall–Kier alpha value is -2.87. The zero-order valence-corrected chi connectivity index (χ0v) is 16.2. The molecule has 1 aliphatic rings. The highest BCUT2D eigenvalue weighted by Crippen LogP contribution is 2.24. The van der Waals surface area contributed by atoms with E-state index in [0.29, 0.717) is 30.8 Å². The topological polar surface area (TPSA) is 95.6 Å². The predicted octanol–water partition coefficient (Wildman–Crippen LogP) is 1.66. The second kappa shape index (κ2) is 8.88. The van der Waals surface area contributed by atoms with E-state index in [9.17, 15) is 18.0 Å². The van der Waals surface area contributed by atoms with E-state index in [1.807, 2.05) is 30.3 Å². The summed E-state index contributed by atoms with van der Waals surface area (Å²) >= 11 is 0. The van der Waals surface area contributed by atoms with Crippen LogP contribution in [0.15, 0.2) is 54.6 Å². The number of rotatable bonds is 7. The van der Waals surface area contributed by atoms with Crippen molar-refractivity contribution >= 4 is 27.5 Å². The molecule has 2 N–H and O–H groups in total. The molecule has 148 valence electrons. The lowest BCUT2D eigenvalue weighted by atomic mass is 10.2. The van der Waals surface area contributed by atoms with Crippen molar-refractivity contribution in [1.82, 2.24) is 10.6 Å². The summed E-state index contributed by atoms with van der Waals surface area (Å²) in [7, 11) is -3.23. The number of carbonyl (C=O) groups excluding carboxylic acids is 2. The molecule has 1 saturated heterocycles. The minimum atomic E-state index is -3.23. The van der Waals surface area contributed by atoms with Crippen molar-refractivity contribution in [3.63, 3.8) is 0 Å². The van der Waals surface area contributed by atoms with Crippen LogP contribution in [0.25, 0.3) is 0 Å². The molecule has 2 aromatic carbocycles. The summed E-state index contributed by atoms with van der Waals surface area (Å²) in [6.07, 6.45) is 0.791. The number of carbonyl (C=O) groups is 2. The van der Waals surface area contributed by atoms with Crippen molar-refractivity contribution in [2.75, 3.05) is 23.1 Å². The summed E-state index contributed by atoms with van der Waals surface area (Å²) in [5.41, 5.74) is 2.00. The molecule has 1 aliphatic heterocycles. The molecule has 0 aromatic heterocycles. The van der Waals surface area contributed by atoms with Gasteiger partial charge in [0.05, 0.1) is 11.4 Å². The van der Waals surface area contributed by atoms with Gasteiger partial charge >= 0.3 is 0 Å². The summed E-state index contributed by atoms with van der Waals surface area (Å²) in [5.74, 6) is -0.285. The van der Waals surface area contributed by atoms with Gasteiger partial charge in [-0.3, -0.25) is 13.9 Å². The lowest BCUT2D eigenvalue weighted by Crippen LogP contribution is -2.30. The average Bonchev–Trinajstić information content (AvgIpc) is 3.06. The van der Waals surface area contributed by atoms with Gasteiger partial charge in [-0.15, -0.1) is 0 Å². The number of anilines is 1. The minimum absolute atomic E-state index is 0.140. The first-order valence-electron chi connectivity index (χ1n) is 9.15. The van der Waals surface area contributed by atoms with Crippen LogP contribution in [0.3, 0.4) is 0 Å². The Labute approximate surface area is 164 Å². The molecule has 2 aromatic rings. The van der Waals surface area contributed by atoms with Gasteiger partial charge < -0.3 is 10.6 Å². The molecule has 3 rings (SSSR count). The molecule has 0 spiro atoms. The summed E-state index contributed by atoms with van der Waals surface area (Å²) in [4.78, 5) is 24.1. The fourth-order valence-electron chi connectivity index (χ4n) is 2.99.